The molecule has 0 spiro atoms. The van der Waals surface area contributed by atoms with Crippen LogP contribution in [0.4, 0.5) is 0 Å². The van der Waals surface area contributed by atoms with Gasteiger partial charge in [0.2, 0.25) is 0 Å². The van der Waals surface area contributed by atoms with Crippen molar-refractivity contribution < 1.29 is 0 Å². The molecule has 2 heterocycles. The van der Waals surface area contributed by atoms with E-state index in [1.54, 1.807) is 5.32 Å². The smallest absolute Gasteiger partial charge is 0.107 e. The number of aryl methyl sites for hydroxylation is 4. The van der Waals surface area contributed by atoms with Crippen LogP contribution in [0.25, 0.3) is 21.8 Å². The normalized spacial score (nSPS) is 11.7. The van der Waals surface area contributed by atoms with Crippen LogP contribution in [0.2, 0.25) is 18.1 Å². The summed E-state index contributed by atoms with van der Waals surface area (Å²) in [5, 5.41) is 4.38. The minimum absolute atomic E-state index is 1.28. The highest BCUT2D eigenvalue weighted by atomic mass is 28.3. The molecular weight excluding hydrogens is 368 g/mol. The molecule has 0 saturated heterocycles. The number of hydrogen-bond acceptors (Lipinski definition) is 0. The van der Waals surface area contributed by atoms with E-state index < -0.39 is 8.07 Å². The monoisotopic (exact) mass is 404 g/mol. The summed E-state index contributed by atoms with van der Waals surface area (Å²) in [5.41, 5.74) is 5.37. The fourth-order valence-corrected chi connectivity index (χ4v) is 8.55. The first-order valence-electron chi connectivity index (χ1n) is 10.9. The van der Waals surface area contributed by atoms with Crippen LogP contribution < -0.4 is 5.32 Å². The molecule has 4 rings (SSSR count). The molecule has 0 radical (unpaired) electrons. The highest BCUT2D eigenvalue weighted by Gasteiger charge is 2.32. The van der Waals surface area contributed by atoms with Crippen LogP contribution in [0.5, 0.6) is 0 Å². The first-order chi connectivity index (χ1) is 13.8. The van der Waals surface area contributed by atoms with Gasteiger partial charge in [0.25, 0.3) is 0 Å². The maximum absolute atomic E-state index is 2.46. The Bertz CT molecular complexity index is 1100. The minimum Gasteiger partial charge on any atom is -0.352 e. The topological polar surface area (TPSA) is 9.86 Å². The second-order valence-electron chi connectivity index (χ2n) is 8.48. The Kier molecular flexibility index (Phi) is 6.38. The maximum atomic E-state index is 2.46. The lowest BCUT2D eigenvalue weighted by atomic mass is 10.2. The molecule has 0 amide bonds. The molecule has 29 heavy (non-hydrogen) atoms. The molecule has 0 aliphatic heterocycles. The quantitative estimate of drug-likeness (QED) is 0.335. The van der Waals surface area contributed by atoms with Crippen molar-refractivity contribution in [3.63, 3.8) is 0 Å². The predicted octanol–water partition coefficient (Wildman–Crippen LogP) is 6.69. The van der Waals surface area contributed by atoms with Gasteiger partial charge in [-0.3, -0.25) is 0 Å². The molecule has 3 heteroatoms. The molecule has 0 unspecified atom stereocenters. The number of fused-ring (bicyclic) bond motifs is 2. The second kappa shape index (κ2) is 8.62. The van der Waals surface area contributed by atoms with E-state index in [2.05, 4.69) is 113 Å². The van der Waals surface area contributed by atoms with Gasteiger partial charge in [-0.05, 0) is 61.0 Å². The number of hydrogen-bond donors (Lipinski definition) is 0. The van der Waals surface area contributed by atoms with E-state index in [1.807, 2.05) is 0 Å². The van der Waals surface area contributed by atoms with Gasteiger partial charge in [0.05, 0.1) is 0 Å². The molecule has 2 aromatic heterocycles. The average Bonchev–Trinajstić information content (AvgIpc) is 3.24. The number of nitrogens with zero attached hydrogens (tertiary/aromatic N) is 2. The van der Waals surface area contributed by atoms with Crippen molar-refractivity contribution in [2.45, 2.75) is 52.8 Å². The zero-order valence-electron chi connectivity index (χ0n) is 19.2. The highest BCUT2D eigenvalue weighted by Crippen LogP contribution is 2.24. The van der Waals surface area contributed by atoms with Gasteiger partial charge in [-0.25, -0.2) is 0 Å². The van der Waals surface area contributed by atoms with Gasteiger partial charge in [-0.15, -0.1) is 0 Å². The van der Waals surface area contributed by atoms with Gasteiger partial charge in [0, 0.05) is 36.6 Å². The second-order valence-corrected chi connectivity index (χ2v) is 13.7. The summed E-state index contributed by atoms with van der Waals surface area (Å²) in [7, 11) is 3.04. The summed E-state index contributed by atoms with van der Waals surface area (Å²) in [6.45, 7) is 11.4. The Hall–Kier alpha value is -2.26. The van der Waals surface area contributed by atoms with Crippen LogP contribution in [0.15, 0.2) is 54.7 Å². The van der Waals surface area contributed by atoms with Gasteiger partial charge in [-0.1, -0.05) is 62.2 Å². The Morgan fingerprint density at radius 3 is 1.83 bits per heavy atom. The van der Waals surface area contributed by atoms with E-state index >= 15 is 0 Å². The van der Waals surface area contributed by atoms with Gasteiger partial charge in [0.1, 0.15) is 8.07 Å². The molecule has 2 nitrogen and oxygen atoms in total. The van der Waals surface area contributed by atoms with Crippen molar-refractivity contribution in [3.8, 4) is 0 Å². The van der Waals surface area contributed by atoms with Crippen LogP contribution in [0.3, 0.4) is 0 Å². The molecule has 0 atom stereocenters. The van der Waals surface area contributed by atoms with Crippen molar-refractivity contribution in [1.82, 2.24) is 9.13 Å². The molecule has 0 aliphatic carbocycles. The first-order valence-corrected chi connectivity index (χ1v) is 13.6. The van der Waals surface area contributed by atoms with E-state index in [0.29, 0.717) is 0 Å². The SMILES string of the molecule is CC[Si](CC)(CC)c1cc2cc(C)ccc2n1C.Cc1ccc2c(ccn2C)c1. The highest BCUT2D eigenvalue weighted by molar-refractivity contribution is 6.91. The first kappa shape index (κ1) is 21.4. The van der Waals surface area contributed by atoms with Gasteiger partial charge in [-0.2, -0.15) is 0 Å². The molecule has 0 fully saturated rings. The number of aromatic nitrogens is 2. The van der Waals surface area contributed by atoms with Gasteiger partial charge in [0.15, 0.2) is 0 Å². The standard InChI is InChI=1S/C16H25NSi.C10H11N/c1-6-18(7-2,8-3)16-12-14-11-13(4)9-10-15(14)17(16)5;1-8-3-4-10-9(7-8)5-6-11(10)2/h9-12H,6-8H2,1-5H3;3-7H,1-2H3. The molecule has 0 aliphatic rings. The lowest BCUT2D eigenvalue weighted by Gasteiger charge is -2.28. The fourth-order valence-electron chi connectivity index (χ4n) is 4.67. The van der Waals surface area contributed by atoms with Crippen molar-refractivity contribution in [1.29, 1.82) is 0 Å². The molecule has 0 N–H and O–H groups in total. The summed E-state index contributed by atoms with van der Waals surface area (Å²) < 4.78 is 4.59. The van der Waals surface area contributed by atoms with E-state index in [-0.39, 0.29) is 0 Å². The van der Waals surface area contributed by atoms with Crippen molar-refractivity contribution in [3.05, 3.63) is 65.9 Å². The molecule has 0 bridgehead atoms. The minimum atomic E-state index is -1.28. The fraction of sp³-hybridized carbons (Fsp3) is 0.385. The summed E-state index contributed by atoms with van der Waals surface area (Å²) in [4.78, 5) is 0. The Labute approximate surface area is 177 Å². The zero-order chi connectivity index (χ0) is 21.2. The zero-order valence-corrected chi connectivity index (χ0v) is 20.2. The van der Waals surface area contributed by atoms with Crippen LogP contribution in [-0.4, -0.2) is 17.2 Å². The Morgan fingerprint density at radius 2 is 1.24 bits per heavy atom. The third-order valence-electron chi connectivity index (χ3n) is 6.81. The van der Waals surface area contributed by atoms with Crippen LogP contribution >= 0.6 is 0 Å². The predicted molar refractivity (Wildman–Crippen MR) is 132 cm³/mol. The summed E-state index contributed by atoms with van der Waals surface area (Å²) >= 11 is 0. The number of benzene rings is 2. The van der Waals surface area contributed by atoms with Crippen LogP contribution in [0.1, 0.15) is 31.9 Å². The summed E-state index contributed by atoms with van der Waals surface area (Å²) in [6, 6.07) is 22.0. The van der Waals surface area contributed by atoms with E-state index in [4.69, 9.17) is 0 Å². The Morgan fingerprint density at radius 1 is 0.690 bits per heavy atom. The average molecular weight is 405 g/mol. The number of rotatable bonds is 4. The van der Waals surface area contributed by atoms with Gasteiger partial charge >= 0.3 is 0 Å². The van der Waals surface area contributed by atoms with Crippen LogP contribution in [-0.2, 0) is 14.1 Å². The van der Waals surface area contributed by atoms with Crippen LogP contribution in [0, 0.1) is 13.8 Å². The molecule has 0 saturated carbocycles. The van der Waals surface area contributed by atoms with Crippen molar-refractivity contribution in [2.24, 2.45) is 14.1 Å². The van der Waals surface area contributed by atoms with E-state index in [0.717, 1.165) is 0 Å². The molecule has 154 valence electrons. The molecule has 4 aromatic rings. The van der Waals surface area contributed by atoms with Gasteiger partial charge < -0.3 is 9.13 Å². The molecule has 2 aromatic carbocycles. The maximum Gasteiger partial charge on any atom is 0.107 e. The molecular formula is C26H36N2Si. The van der Waals surface area contributed by atoms with E-state index in [1.165, 1.54) is 51.1 Å². The third-order valence-corrected chi connectivity index (χ3v) is 12.4. The summed E-state index contributed by atoms with van der Waals surface area (Å²) in [5.74, 6) is 0. The lowest BCUT2D eigenvalue weighted by molar-refractivity contribution is 0.969. The van der Waals surface area contributed by atoms with E-state index in [9.17, 15) is 0 Å². The summed E-state index contributed by atoms with van der Waals surface area (Å²) in [6.07, 6.45) is 2.09. The van der Waals surface area contributed by atoms with Crippen molar-refractivity contribution >= 4 is 35.2 Å². The largest absolute Gasteiger partial charge is 0.352 e. The van der Waals surface area contributed by atoms with Crippen molar-refractivity contribution in [2.75, 3.05) is 0 Å². The lowest BCUT2D eigenvalue weighted by Crippen LogP contribution is -2.48. The third kappa shape index (κ3) is 4.06. The Balaban J connectivity index is 0.000000186.